The monoisotopic (exact) mass is 497 g/mol. The van der Waals surface area contributed by atoms with Crippen LogP contribution in [0.5, 0.6) is 0 Å². The largest absolute Gasteiger partial charge is 0.383 e. The Hall–Kier alpha value is -3.48. The zero-order valence-corrected chi connectivity index (χ0v) is 21.9. The summed E-state index contributed by atoms with van der Waals surface area (Å²) in [5.74, 6) is 0.240. The maximum absolute atomic E-state index is 13.3. The van der Waals surface area contributed by atoms with Gasteiger partial charge in [-0.15, -0.1) is 0 Å². The predicted octanol–water partition coefficient (Wildman–Crippen LogP) is 3.57. The zero-order chi connectivity index (χ0) is 26.4. The first-order valence-corrected chi connectivity index (χ1v) is 13.0. The fourth-order valence-electron chi connectivity index (χ4n) is 5.19. The van der Waals surface area contributed by atoms with Crippen molar-refractivity contribution in [3.8, 4) is 6.07 Å². The summed E-state index contributed by atoms with van der Waals surface area (Å²) in [6.45, 7) is 8.50. The van der Waals surface area contributed by atoms with E-state index in [4.69, 9.17) is 5.73 Å². The first-order valence-electron chi connectivity index (χ1n) is 13.0. The molecule has 196 valence electrons. The number of H-pyrrole nitrogens is 1. The second kappa shape index (κ2) is 12.0. The van der Waals surface area contributed by atoms with Crippen LogP contribution in [0.15, 0.2) is 9.59 Å². The van der Waals surface area contributed by atoms with E-state index < -0.39 is 11.2 Å². The Morgan fingerprint density at radius 3 is 2.50 bits per heavy atom. The van der Waals surface area contributed by atoms with Crippen LogP contribution < -0.4 is 27.2 Å². The molecule has 0 atom stereocenters. The van der Waals surface area contributed by atoms with Crippen LogP contribution in [0.2, 0.25) is 0 Å². The average Bonchev–Trinajstić information content (AvgIpc) is 3.07. The van der Waals surface area contributed by atoms with Gasteiger partial charge in [0, 0.05) is 24.8 Å². The number of carbonyl (C=O) groups excluding carboxylic acids is 1. The van der Waals surface area contributed by atoms with Gasteiger partial charge in [0.2, 0.25) is 5.91 Å². The second-order valence-electron chi connectivity index (χ2n) is 9.68. The van der Waals surface area contributed by atoms with Crippen LogP contribution in [0.1, 0.15) is 88.1 Å². The highest BCUT2D eigenvalue weighted by molar-refractivity contribution is 5.95. The summed E-state index contributed by atoms with van der Waals surface area (Å²) in [5.41, 5.74) is 7.59. The molecule has 10 nitrogen and oxygen atoms in total. The molecule has 0 aliphatic heterocycles. The SMILES string of the molecule is CCCCn1c(N)c(N(CCC)CC(=O)Nc2c(C#N)c(C)c(C)n2C2CCCCC2)c(=O)[nH]c1=O. The molecule has 1 amide bonds. The van der Waals surface area contributed by atoms with Crippen molar-refractivity contribution in [1.29, 1.82) is 5.26 Å². The molecule has 0 bridgehead atoms. The lowest BCUT2D eigenvalue weighted by Gasteiger charge is -2.28. The molecule has 1 saturated carbocycles. The number of carbonyl (C=O) groups is 1. The Balaban J connectivity index is 1.95. The molecule has 0 saturated heterocycles. The minimum atomic E-state index is -0.610. The number of unbranched alkanes of at least 4 members (excludes halogenated alkanes) is 1. The molecule has 1 fully saturated rings. The number of rotatable bonds is 10. The molecular formula is C26H39N7O3. The van der Waals surface area contributed by atoms with Crippen molar-refractivity contribution in [2.45, 2.75) is 91.6 Å². The minimum Gasteiger partial charge on any atom is -0.383 e. The first kappa shape index (κ1) is 27.1. The van der Waals surface area contributed by atoms with Gasteiger partial charge in [0.15, 0.2) is 0 Å². The van der Waals surface area contributed by atoms with Crippen molar-refractivity contribution in [1.82, 2.24) is 14.1 Å². The summed E-state index contributed by atoms with van der Waals surface area (Å²) in [6, 6.07) is 2.51. The highest BCUT2D eigenvalue weighted by atomic mass is 16.2. The van der Waals surface area contributed by atoms with Crippen LogP contribution in [-0.4, -0.2) is 33.1 Å². The molecular weight excluding hydrogens is 458 g/mol. The van der Waals surface area contributed by atoms with E-state index in [1.165, 1.54) is 11.0 Å². The van der Waals surface area contributed by atoms with Gasteiger partial charge < -0.3 is 20.5 Å². The van der Waals surface area contributed by atoms with Gasteiger partial charge in [-0.3, -0.25) is 19.1 Å². The van der Waals surface area contributed by atoms with E-state index in [1.54, 1.807) is 4.90 Å². The van der Waals surface area contributed by atoms with Crippen molar-refractivity contribution in [3.63, 3.8) is 0 Å². The highest BCUT2D eigenvalue weighted by Gasteiger charge is 2.27. The van der Waals surface area contributed by atoms with Crippen molar-refractivity contribution in [3.05, 3.63) is 37.7 Å². The Morgan fingerprint density at radius 2 is 1.89 bits per heavy atom. The van der Waals surface area contributed by atoms with E-state index in [0.717, 1.165) is 49.8 Å². The molecule has 0 spiro atoms. The van der Waals surface area contributed by atoms with Crippen LogP contribution in [0.4, 0.5) is 17.3 Å². The van der Waals surface area contributed by atoms with Crippen molar-refractivity contribution in [2.75, 3.05) is 29.0 Å². The fourth-order valence-corrected chi connectivity index (χ4v) is 5.19. The number of anilines is 3. The Kier molecular flexibility index (Phi) is 9.02. The molecule has 0 unspecified atom stereocenters. The molecule has 0 radical (unpaired) electrons. The number of aromatic nitrogens is 3. The summed E-state index contributed by atoms with van der Waals surface area (Å²) in [4.78, 5) is 42.4. The molecule has 3 rings (SSSR count). The molecule has 1 aliphatic carbocycles. The van der Waals surface area contributed by atoms with Gasteiger partial charge in [-0.05, 0) is 45.1 Å². The van der Waals surface area contributed by atoms with E-state index in [0.29, 0.717) is 30.9 Å². The summed E-state index contributed by atoms with van der Waals surface area (Å²) in [7, 11) is 0. The quantitative estimate of drug-likeness (QED) is 0.458. The number of amides is 1. The number of nitrogens with zero attached hydrogens (tertiary/aromatic N) is 4. The number of nitriles is 1. The molecule has 2 aromatic heterocycles. The molecule has 10 heteroatoms. The summed E-state index contributed by atoms with van der Waals surface area (Å²) in [6.07, 6.45) is 7.73. The van der Waals surface area contributed by atoms with Crippen LogP contribution in [0.3, 0.4) is 0 Å². The Bertz CT molecular complexity index is 1240. The van der Waals surface area contributed by atoms with Crippen LogP contribution in [-0.2, 0) is 11.3 Å². The predicted molar refractivity (Wildman–Crippen MR) is 143 cm³/mol. The zero-order valence-electron chi connectivity index (χ0n) is 21.9. The number of hydrogen-bond acceptors (Lipinski definition) is 6. The van der Waals surface area contributed by atoms with Crippen LogP contribution in [0, 0.1) is 25.2 Å². The molecule has 2 heterocycles. The standard InChI is InChI=1S/C26H39N7O3/c1-5-7-14-32-23(28)22(25(35)30-26(32)36)31(13-6-2)16-21(34)29-24-20(15-27)17(3)18(4)33(24)19-11-9-8-10-12-19/h19H,5-14,16,28H2,1-4H3,(H,29,34)(H,30,35,36). The summed E-state index contributed by atoms with van der Waals surface area (Å²) < 4.78 is 3.47. The summed E-state index contributed by atoms with van der Waals surface area (Å²) in [5, 5.41) is 12.9. The lowest BCUT2D eigenvalue weighted by atomic mass is 9.95. The fraction of sp³-hybridized carbons (Fsp3) is 0.615. The molecule has 0 aromatic carbocycles. The first-order chi connectivity index (χ1) is 17.2. The maximum Gasteiger partial charge on any atom is 0.330 e. The van der Waals surface area contributed by atoms with E-state index in [1.807, 2.05) is 27.7 Å². The normalized spacial score (nSPS) is 14.0. The number of nitrogens with one attached hydrogen (secondary N) is 2. The smallest absolute Gasteiger partial charge is 0.330 e. The van der Waals surface area contributed by atoms with Crippen molar-refractivity contribution >= 4 is 23.2 Å². The average molecular weight is 498 g/mol. The Morgan fingerprint density at radius 1 is 1.19 bits per heavy atom. The topological polar surface area (TPSA) is 142 Å². The van der Waals surface area contributed by atoms with Crippen LogP contribution >= 0.6 is 0 Å². The number of aromatic amines is 1. The van der Waals surface area contributed by atoms with Gasteiger partial charge in [-0.2, -0.15) is 5.26 Å². The molecule has 36 heavy (non-hydrogen) atoms. The van der Waals surface area contributed by atoms with Crippen molar-refractivity contribution in [2.24, 2.45) is 0 Å². The van der Waals surface area contributed by atoms with Gasteiger partial charge in [0.25, 0.3) is 5.56 Å². The third-order valence-corrected chi connectivity index (χ3v) is 7.16. The number of nitrogen functional groups attached to an aromatic ring is 1. The maximum atomic E-state index is 13.3. The summed E-state index contributed by atoms with van der Waals surface area (Å²) >= 11 is 0. The van der Waals surface area contributed by atoms with E-state index in [9.17, 15) is 19.6 Å². The third kappa shape index (κ3) is 5.50. The van der Waals surface area contributed by atoms with Gasteiger partial charge >= 0.3 is 5.69 Å². The lowest BCUT2D eigenvalue weighted by molar-refractivity contribution is -0.115. The molecule has 1 aliphatic rings. The van der Waals surface area contributed by atoms with E-state index in [-0.39, 0.29) is 30.0 Å². The van der Waals surface area contributed by atoms with Gasteiger partial charge in [0.1, 0.15) is 23.4 Å². The van der Waals surface area contributed by atoms with Gasteiger partial charge in [-0.1, -0.05) is 39.5 Å². The second-order valence-corrected chi connectivity index (χ2v) is 9.68. The third-order valence-electron chi connectivity index (χ3n) is 7.16. The van der Waals surface area contributed by atoms with E-state index in [2.05, 4.69) is 20.9 Å². The van der Waals surface area contributed by atoms with Gasteiger partial charge in [0.05, 0.1) is 12.1 Å². The highest BCUT2D eigenvalue weighted by Crippen LogP contribution is 2.36. The lowest BCUT2D eigenvalue weighted by Crippen LogP contribution is -2.42. The Labute approximate surface area is 212 Å². The molecule has 2 aromatic rings. The van der Waals surface area contributed by atoms with E-state index >= 15 is 0 Å². The van der Waals surface area contributed by atoms with Crippen LogP contribution in [0.25, 0.3) is 0 Å². The number of nitrogens with two attached hydrogens (primary N) is 1. The number of hydrogen-bond donors (Lipinski definition) is 3. The van der Waals surface area contributed by atoms with Gasteiger partial charge in [-0.25, -0.2) is 4.79 Å². The van der Waals surface area contributed by atoms with Crippen molar-refractivity contribution < 1.29 is 4.79 Å². The molecule has 4 N–H and O–H groups in total. The minimum absolute atomic E-state index is 0.0634.